The largest absolute Gasteiger partial charge is 0.416 e. The maximum atomic E-state index is 13.2. The second-order valence-corrected chi connectivity index (χ2v) is 7.54. The van der Waals surface area contributed by atoms with E-state index in [0.29, 0.717) is 16.9 Å². The van der Waals surface area contributed by atoms with Crippen LogP contribution in [0, 0.1) is 10.1 Å². The summed E-state index contributed by atoms with van der Waals surface area (Å²) in [6, 6.07) is 11.4. The number of benzene rings is 2. The molecule has 0 amide bonds. The number of hydrogen-bond donors (Lipinski definition) is 0. The molecule has 0 bridgehead atoms. The molecule has 4 rings (SSSR count). The SMILES string of the molecule is CC1CSc2n(-c3cccc(C(F)(F)F)c3)c(-c3ccc([N+](=O)[O-])cc3)c[n+]21. The van der Waals surface area contributed by atoms with Crippen LogP contribution in [-0.2, 0) is 6.18 Å². The summed E-state index contributed by atoms with van der Waals surface area (Å²) in [5.41, 5.74) is 1.02. The number of halogens is 3. The maximum absolute atomic E-state index is 13.2. The van der Waals surface area contributed by atoms with Crippen molar-refractivity contribution in [3.05, 3.63) is 70.4 Å². The van der Waals surface area contributed by atoms with E-state index >= 15 is 0 Å². The number of imidazole rings is 1. The molecular formula is C19H15F3N3O2S+. The third kappa shape index (κ3) is 3.15. The van der Waals surface area contributed by atoms with Crippen molar-refractivity contribution in [3.8, 4) is 16.9 Å². The van der Waals surface area contributed by atoms with Crippen LogP contribution in [0.4, 0.5) is 18.9 Å². The number of alkyl halides is 3. The van der Waals surface area contributed by atoms with Gasteiger partial charge in [0.25, 0.3) is 5.69 Å². The summed E-state index contributed by atoms with van der Waals surface area (Å²) in [7, 11) is 0. The first-order valence-electron chi connectivity index (χ1n) is 8.48. The Labute approximate surface area is 162 Å². The first-order valence-corrected chi connectivity index (χ1v) is 9.46. The van der Waals surface area contributed by atoms with Crippen molar-refractivity contribution < 1.29 is 22.7 Å². The molecule has 1 aliphatic heterocycles. The highest BCUT2D eigenvalue weighted by Crippen LogP contribution is 2.37. The van der Waals surface area contributed by atoms with Crippen LogP contribution in [0.2, 0.25) is 0 Å². The highest BCUT2D eigenvalue weighted by atomic mass is 32.2. The fourth-order valence-electron chi connectivity index (χ4n) is 3.22. The van der Waals surface area contributed by atoms with Crippen LogP contribution in [0.3, 0.4) is 0 Å². The number of nitro benzene ring substituents is 1. The van der Waals surface area contributed by atoms with Crippen molar-refractivity contribution >= 4 is 17.4 Å². The van der Waals surface area contributed by atoms with Gasteiger partial charge in [0.1, 0.15) is 17.9 Å². The second kappa shape index (κ2) is 6.66. The van der Waals surface area contributed by atoms with Gasteiger partial charge in [0.05, 0.1) is 10.5 Å². The Morgan fingerprint density at radius 2 is 1.93 bits per heavy atom. The van der Waals surface area contributed by atoms with E-state index in [1.165, 1.54) is 18.2 Å². The van der Waals surface area contributed by atoms with E-state index in [4.69, 9.17) is 0 Å². The van der Waals surface area contributed by atoms with Crippen LogP contribution in [0.25, 0.3) is 16.9 Å². The predicted molar refractivity (Wildman–Crippen MR) is 98.5 cm³/mol. The van der Waals surface area contributed by atoms with Crippen LogP contribution >= 0.6 is 11.8 Å². The van der Waals surface area contributed by atoms with Crippen LogP contribution in [-0.4, -0.2) is 15.2 Å². The number of hydrogen-bond acceptors (Lipinski definition) is 3. The molecule has 0 radical (unpaired) electrons. The van der Waals surface area contributed by atoms with E-state index in [0.717, 1.165) is 23.0 Å². The molecule has 0 saturated carbocycles. The molecule has 5 nitrogen and oxygen atoms in total. The fourth-order valence-corrected chi connectivity index (χ4v) is 4.49. The first kappa shape index (κ1) is 18.5. The first-order chi connectivity index (χ1) is 13.3. The summed E-state index contributed by atoms with van der Waals surface area (Å²) < 4.78 is 43.4. The highest BCUT2D eigenvalue weighted by molar-refractivity contribution is 7.99. The maximum Gasteiger partial charge on any atom is 0.416 e. The number of non-ortho nitro benzene ring substituents is 1. The summed E-state index contributed by atoms with van der Waals surface area (Å²) >= 11 is 1.57. The van der Waals surface area contributed by atoms with Gasteiger partial charge in [-0.3, -0.25) is 10.1 Å². The molecule has 28 heavy (non-hydrogen) atoms. The monoisotopic (exact) mass is 406 g/mol. The van der Waals surface area contributed by atoms with Crippen LogP contribution < -0.4 is 4.57 Å². The number of nitro groups is 1. The minimum atomic E-state index is -4.44. The molecule has 0 spiro atoms. The lowest BCUT2D eigenvalue weighted by molar-refractivity contribution is -0.744. The molecule has 3 aromatic rings. The van der Waals surface area contributed by atoms with Crippen molar-refractivity contribution in [2.75, 3.05) is 5.75 Å². The summed E-state index contributed by atoms with van der Waals surface area (Å²) in [5.74, 6) is 0.828. The molecule has 1 unspecified atom stereocenters. The minimum Gasteiger partial charge on any atom is -0.258 e. The standard InChI is InChI=1S/C19H15F3N3O2S/c1-12-11-28-18-23(12)10-17(13-5-7-15(8-6-13)25(26)27)24(18)16-4-2-3-14(9-16)19(20,21)22/h2-10,12H,11H2,1H3/q+1. The highest BCUT2D eigenvalue weighted by Gasteiger charge is 2.36. The molecule has 2 aromatic carbocycles. The fraction of sp³-hybridized carbons (Fsp3) is 0.211. The summed E-state index contributed by atoms with van der Waals surface area (Å²) in [5, 5.41) is 11.7. The zero-order valence-electron chi connectivity index (χ0n) is 14.7. The van der Waals surface area contributed by atoms with E-state index in [9.17, 15) is 23.3 Å². The third-order valence-electron chi connectivity index (χ3n) is 4.65. The van der Waals surface area contributed by atoms with E-state index in [-0.39, 0.29) is 11.7 Å². The molecule has 0 fully saturated rings. The lowest BCUT2D eigenvalue weighted by atomic mass is 10.1. The Hall–Kier alpha value is -2.81. The predicted octanol–water partition coefficient (Wildman–Crippen LogP) is 5.03. The number of thioether (sulfide) groups is 1. The third-order valence-corrected chi connectivity index (χ3v) is 5.95. The normalized spacial score (nSPS) is 16.2. The molecule has 1 aromatic heterocycles. The van der Waals surface area contributed by atoms with Gasteiger partial charge >= 0.3 is 11.3 Å². The van der Waals surface area contributed by atoms with E-state index in [1.54, 1.807) is 34.5 Å². The van der Waals surface area contributed by atoms with Gasteiger partial charge in [-0.15, -0.1) is 0 Å². The molecule has 1 aliphatic rings. The molecule has 1 atom stereocenters. The van der Waals surface area contributed by atoms with Gasteiger partial charge in [-0.05, 0) is 49.0 Å². The molecule has 2 heterocycles. The van der Waals surface area contributed by atoms with Crippen molar-refractivity contribution in [1.82, 2.24) is 4.57 Å². The molecular weight excluding hydrogens is 391 g/mol. The molecule has 144 valence electrons. The van der Waals surface area contributed by atoms with Crippen molar-refractivity contribution in [2.24, 2.45) is 0 Å². The molecule has 0 N–H and O–H groups in total. The molecule has 0 aliphatic carbocycles. The van der Waals surface area contributed by atoms with Crippen molar-refractivity contribution in [3.63, 3.8) is 0 Å². The van der Waals surface area contributed by atoms with Gasteiger partial charge < -0.3 is 0 Å². The zero-order chi connectivity index (χ0) is 20.1. The van der Waals surface area contributed by atoms with Crippen molar-refractivity contribution in [2.45, 2.75) is 24.3 Å². The van der Waals surface area contributed by atoms with Gasteiger partial charge in [0, 0.05) is 23.4 Å². The molecule has 9 heteroatoms. The Morgan fingerprint density at radius 1 is 1.21 bits per heavy atom. The van der Waals surface area contributed by atoms with Crippen LogP contribution in [0.15, 0.2) is 59.9 Å². The van der Waals surface area contributed by atoms with E-state index < -0.39 is 16.7 Å². The Kier molecular flexibility index (Phi) is 4.41. The zero-order valence-corrected chi connectivity index (χ0v) is 15.5. The number of nitrogens with zero attached hydrogens (tertiary/aromatic N) is 3. The topological polar surface area (TPSA) is 51.9 Å². The number of aromatic nitrogens is 2. The average Bonchev–Trinajstić information content (AvgIpc) is 3.21. The van der Waals surface area contributed by atoms with Gasteiger partial charge in [0.2, 0.25) is 0 Å². The summed E-state index contributed by atoms with van der Waals surface area (Å²) in [6.45, 7) is 2.04. The van der Waals surface area contributed by atoms with Gasteiger partial charge in [-0.25, -0.2) is 4.57 Å². The van der Waals surface area contributed by atoms with Crippen LogP contribution in [0.5, 0.6) is 0 Å². The minimum absolute atomic E-state index is 0.0381. The van der Waals surface area contributed by atoms with Crippen LogP contribution in [0.1, 0.15) is 18.5 Å². The van der Waals surface area contributed by atoms with Gasteiger partial charge in [0.15, 0.2) is 5.69 Å². The van der Waals surface area contributed by atoms with Gasteiger partial charge in [-0.1, -0.05) is 6.07 Å². The molecule has 0 saturated heterocycles. The number of rotatable bonds is 3. The lowest BCUT2D eigenvalue weighted by Crippen LogP contribution is -2.34. The van der Waals surface area contributed by atoms with E-state index in [1.807, 2.05) is 17.7 Å². The average molecular weight is 406 g/mol. The Morgan fingerprint density at radius 3 is 2.57 bits per heavy atom. The smallest absolute Gasteiger partial charge is 0.258 e. The van der Waals surface area contributed by atoms with Gasteiger partial charge in [-0.2, -0.15) is 17.7 Å². The number of fused-ring (bicyclic) bond motifs is 1. The van der Waals surface area contributed by atoms with Crippen molar-refractivity contribution in [1.29, 1.82) is 0 Å². The second-order valence-electron chi connectivity index (χ2n) is 6.55. The Bertz CT molecular complexity index is 1060. The van der Waals surface area contributed by atoms with E-state index in [2.05, 4.69) is 0 Å². The summed E-state index contributed by atoms with van der Waals surface area (Å²) in [4.78, 5) is 10.4. The lowest BCUT2D eigenvalue weighted by Gasteiger charge is -2.09. The quantitative estimate of drug-likeness (QED) is 0.348. The Balaban J connectivity index is 1.90. The summed E-state index contributed by atoms with van der Waals surface area (Å²) in [6.07, 6.45) is -2.55.